The smallest absolute Gasteiger partial charge is 0.298 e. The third-order valence-electron chi connectivity index (χ3n) is 4.94. The van der Waals surface area contributed by atoms with E-state index < -0.39 is 0 Å². The standard InChI is InChI=1S/C19H22N6O/c1-13-10-11-25-19(20-13)21-17(22-25)18(26)24-12-15(23(2)3)9-8-14-6-4-5-7-16(14)24/h4-7,10-11,15H,8-9,12H2,1-3H3. The average molecular weight is 350 g/mol. The van der Waals surface area contributed by atoms with Gasteiger partial charge in [-0.05, 0) is 51.6 Å². The highest BCUT2D eigenvalue weighted by Gasteiger charge is 2.30. The summed E-state index contributed by atoms with van der Waals surface area (Å²) in [6, 6.07) is 10.2. The first kappa shape index (κ1) is 16.7. The van der Waals surface area contributed by atoms with Crippen LogP contribution in [0.15, 0.2) is 36.5 Å². The Labute approximate surface area is 152 Å². The molecule has 7 nitrogen and oxygen atoms in total. The maximum absolute atomic E-state index is 13.3. The highest BCUT2D eigenvalue weighted by molar-refractivity contribution is 6.04. The van der Waals surface area contributed by atoms with Gasteiger partial charge >= 0.3 is 0 Å². The lowest BCUT2D eigenvalue weighted by atomic mass is 10.1. The lowest BCUT2D eigenvalue weighted by Gasteiger charge is -2.28. The number of hydrogen-bond acceptors (Lipinski definition) is 5. The summed E-state index contributed by atoms with van der Waals surface area (Å²) in [5, 5.41) is 4.34. The molecular formula is C19H22N6O. The van der Waals surface area contributed by atoms with E-state index in [4.69, 9.17) is 0 Å². The summed E-state index contributed by atoms with van der Waals surface area (Å²) < 4.78 is 1.55. The molecule has 0 saturated heterocycles. The van der Waals surface area contributed by atoms with Gasteiger partial charge in [0.05, 0.1) is 0 Å². The van der Waals surface area contributed by atoms with Gasteiger partial charge in [-0.2, -0.15) is 4.98 Å². The molecule has 1 atom stereocenters. The van der Waals surface area contributed by atoms with Gasteiger partial charge in [0, 0.05) is 30.2 Å². The first-order valence-electron chi connectivity index (χ1n) is 8.79. The van der Waals surface area contributed by atoms with Gasteiger partial charge in [0.2, 0.25) is 5.82 Å². The number of likely N-dealkylation sites (N-methyl/N-ethyl adjacent to an activating group) is 1. The zero-order valence-electron chi connectivity index (χ0n) is 15.3. The van der Waals surface area contributed by atoms with Crippen LogP contribution in [0.25, 0.3) is 5.78 Å². The molecule has 0 aliphatic carbocycles. The molecule has 4 rings (SSSR count). The van der Waals surface area contributed by atoms with Crippen LogP contribution in [0.2, 0.25) is 0 Å². The van der Waals surface area contributed by atoms with Gasteiger partial charge in [0.25, 0.3) is 11.7 Å². The molecule has 0 fully saturated rings. The summed E-state index contributed by atoms with van der Waals surface area (Å²) in [5.41, 5.74) is 2.98. The SMILES string of the molecule is Cc1ccn2nc(C(=O)N3CC(N(C)C)CCc4ccccc43)nc2n1. The molecule has 3 aromatic rings. The summed E-state index contributed by atoms with van der Waals surface area (Å²) in [6.45, 7) is 2.51. The quantitative estimate of drug-likeness (QED) is 0.707. The molecule has 1 aliphatic heterocycles. The number of carbonyl (C=O) groups is 1. The van der Waals surface area contributed by atoms with Crippen molar-refractivity contribution >= 4 is 17.4 Å². The predicted octanol–water partition coefficient (Wildman–Crippen LogP) is 1.96. The molecule has 7 heteroatoms. The van der Waals surface area contributed by atoms with Gasteiger partial charge in [0.15, 0.2) is 0 Å². The van der Waals surface area contributed by atoms with Crippen molar-refractivity contribution < 1.29 is 4.79 Å². The molecule has 1 aliphatic rings. The molecule has 0 spiro atoms. The van der Waals surface area contributed by atoms with Crippen LogP contribution in [0.4, 0.5) is 5.69 Å². The number of aryl methyl sites for hydroxylation is 2. The Morgan fingerprint density at radius 2 is 2.00 bits per heavy atom. The van der Waals surface area contributed by atoms with Gasteiger partial charge < -0.3 is 9.80 Å². The first-order valence-corrected chi connectivity index (χ1v) is 8.79. The Morgan fingerprint density at radius 1 is 1.19 bits per heavy atom. The van der Waals surface area contributed by atoms with Crippen LogP contribution in [0, 0.1) is 6.92 Å². The molecular weight excluding hydrogens is 328 g/mol. The normalized spacial score (nSPS) is 17.4. The Kier molecular flexibility index (Phi) is 4.16. The van der Waals surface area contributed by atoms with Crippen LogP contribution < -0.4 is 4.90 Å². The minimum Gasteiger partial charge on any atom is -0.305 e. The van der Waals surface area contributed by atoms with Crippen LogP contribution >= 0.6 is 0 Å². The fourth-order valence-corrected chi connectivity index (χ4v) is 3.40. The fourth-order valence-electron chi connectivity index (χ4n) is 3.40. The summed E-state index contributed by atoms with van der Waals surface area (Å²) in [5.74, 6) is 0.437. The number of carbonyl (C=O) groups excluding carboxylic acids is 1. The second-order valence-corrected chi connectivity index (χ2v) is 6.95. The Balaban J connectivity index is 1.75. The molecule has 1 aromatic carbocycles. The molecule has 0 bridgehead atoms. The Hall–Kier alpha value is -2.80. The van der Waals surface area contributed by atoms with Crippen molar-refractivity contribution in [1.29, 1.82) is 0 Å². The number of fused-ring (bicyclic) bond motifs is 2. The number of para-hydroxylation sites is 1. The number of amides is 1. The molecule has 0 radical (unpaired) electrons. The molecule has 134 valence electrons. The highest BCUT2D eigenvalue weighted by Crippen LogP contribution is 2.28. The third-order valence-corrected chi connectivity index (χ3v) is 4.94. The second-order valence-electron chi connectivity index (χ2n) is 6.95. The Morgan fingerprint density at radius 3 is 2.81 bits per heavy atom. The summed E-state index contributed by atoms with van der Waals surface area (Å²) in [6.07, 6.45) is 3.73. The number of rotatable bonds is 2. The highest BCUT2D eigenvalue weighted by atomic mass is 16.2. The molecule has 26 heavy (non-hydrogen) atoms. The third kappa shape index (κ3) is 2.94. The van der Waals surface area contributed by atoms with Gasteiger partial charge in [-0.3, -0.25) is 4.79 Å². The van der Waals surface area contributed by atoms with Crippen molar-refractivity contribution in [1.82, 2.24) is 24.5 Å². The first-order chi connectivity index (χ1) is 12.5. The van der Waals surface area contributed by atoms with Crippen molar-refractivity contribution in [2.45, 2.75) is 25.8 Å². The zero-order chi connectivity index (χ0) is 18.3. The molecule has 1 unspecified atom stereocenters. The minimum absolute atomic E-state index is 0.178. The van der Waals surface area contributed by atoms with E-state index in [1.165, 1.54) is 5.56 Å². The van der Waals surface area contributed by atoms with Crippen LogP contribution in [0.5, 0.6) is 0 Å². The molecule has 0 saturated carbocycles. The second kappa shape index (κ2) is 6.49. The van der Waals surface area contributed by atoms with E-state index in [0.717, 1.165) is 24.2 Å². The van der Waals surface area contributed by atoms with Crippen LogP contribution in [0.3, 0.4) is 0 Å². The van der Waals surface area contributed by atoms with Gasteiger partial charge in [0.1, 0.15) is 0 Å². The zero-order valence-corrected chi connectivity index (χ0v) is 15.3. The number of benzene rings is 1. The van der Waals surface area contributed by atoms with Crippen molar-refractivity contribution in [3.8, 4) is 0 Å². The van der Waals surface area contributed by atoms with E-state index in [2.05, 4.69) is 40.1 Å². The fraction of sp³-hybridized carbons (Fsp3) is 0.368. The summed E-state index contributed by atoms with van der Waals surface area (Å²) in [7, 11) is 4.11. The van der Waals surface area contributed by atoms with E-state index in [-0.39, 0.29) is 17.8 Å². The summed E-state index contributed by atoms with van der Waals surface area (Å²) >= 11 is 0. The van der Waals surface area contributed by atoms with E-state index in [0.29, 0.717) is 12.3 Å². The van der Waals surface area contributed by atoms with Gasteiger partial charge in [-0.15, -0.1) is 5.10 Å². The topological polar surface area (TPSA) is 66.6 Å². The van der Waals surface area contributed by atoms with Crippen molar-refractivity contribution in [2.24, 2.45) is 0 Å². The monoisotopic (exact) mass is 350 g/mol. The van der Waals surface area contributed by atoms with Crippen LogP contribution in [0.1, 0.15) is 28.3 Å². The number of hydrogen-bond donors (Lipinski definition) is 0. The molecule has 1 amide bonds. The van der Waals surface area contributed by atoms with Crippen molar-refractivity contribution in [3.63, 3.8) is 0 Å². The van der Waals surface area contributed by atoms with E-state index in [1.807, 2.05) is 36.1 Å². The van der Waals surface area contributed by atoms with E-state index >= 15 is 0 Å². The maximum Gasteiger partial charge on any atom is 0.298 e. The van der Waals surface area contributed by atoms with Crippen LogP contribution in [-0.2, 0) is 6.42 Å². The molecule has 3 heterocycles. The van der Waals surface area contributed by atoms with Crippen LogP contribution in [-0.4, -0.2) is 57.1 Å². The maximum atomic E-state index is 13.3. The molecule has 0 N–H and O–H groups in total. The van der Waals surface area contributed by atoms with Crippen molar-refractivity contribution in [3.05, 3.63) is 53.6 Å². The lowest BCUT2D eigenvalue weighted by molar-refractivity contribution is 0.0970. The molecule has 2 aromatic heterocycles. The largest absolute Gasteiger partial charge is 0.305 e. The number of nitrogens with zero attached hydrogens (tertiary/aromatic N) is 6. The van der Waals surface area contributed by atoms with E-state index in [9.17, 15) is 4.79 Å². The van der Waals surface area contributed by atoms with Gasteiger partial charge in [-0.25, -0.2) is 9.50 Å². The minimum atomic E-state index is -0.186. The number of aromatic nitrogens is 4. The van der Waals surface area contributed by atoms with Crippen molar-refractivity contribution in [2.75, 3.05) is 25.5 Å². The predicted molar refractivity (Wildman–Crippen MR) is 99.4 cm³/mol. The summed E-state index contributed by atoms with van der Waals surface area (Å²) in [4.78, 5) is 26.0. The Bertz CT molecular complexity index is 964. The lowest BCUT2D eigenvalue weighted by Crippen LogP contribution is -2.42. The average Bonchev–Trinajstić information content (AvgIpc) is 2.94. The van der Waals surface area contributed by atoms with Gasteiger partial charge in [-0.1, -0.05) is 18.2 Å². The number of anilines is 1. The van der Waals surface area contributed by atoms with E-state index in [1.54, 1.807) is 10.7 Å².